The maximum Gasteiger partial charge on any atom is 0.263 e. The average molecular weight is 374 g/mol. The van der Waals surface area contributed by atoms with E-state index in [-0.39, 0.29) is 5.91 Å². The first-order chi connectivity index (χ1) is 13.7. The van der Waals surface area contributed by atoms with Gasteiger partial charge in [-0.1, -0.05) is 60.7 Å². The second-order valence-corrected chi connectivity index (χ2v) is 7.36. The molecule has 0 bridgehead atoms. The molecule has 1 atom stereocenters. The summed E-state index contributed by atoms with van der Waals surface area (Å²) in [6.07, 6.45) is -0.484. The lowest BCUT2D eigenvalue weighted by atomic mass is 10.1. The van der Waals surface area contributed by atoms with Crippen molar-refractivity contribution < 1.29 is 9.53 Å². The monoisotopic (exact) mass is 374 g/mol. The van der Waals surface area contributed by atoms with Crippen molar-refractivity contribution in [3.05, 3.63) is 78.4 Å². The zero-order valence-corrected chi connectivity index (χ0v) is 16.3. The number of hydrogen-bond donors (Lipinski definition) is 0. The molecule has 4 heteroatoms. The highest BCUT2D eigenvalue weighted by Gasteiger charge is 2.26. The van der Waals surface area contributed by atoms with E-state index in [1.165, 1.54) is 10.9 Å². The van der Waals surface area contributed by atoms with E-state index in [2.05, 4.69) is 41.3 Å². The minimum atomic E-state index is -0.484. The predicted molar refractivity (Wildman–Crippen MR) is 112 cm³/mol. The Morgan fingerprint density at radius 2 is 1.57 bits per heavy atom. The molecule has 4 nitrogen and oxygen atoms in total. The normalized spacial score (nSPS) is 16.1. The van der Waals surface area contributed by atoms with E-state index in [0.717, 1.165) is 43.9 Å². The minimum Gasteiger partial charge on any atom is -0.481 e. The third kappa shape index (κ3) is 4.34. The maximum absolute atomic E-state index is 12.8. The Balaban J connectivity index is 1.31. The van der Waals surface area contributed by atoms with Crippen LogP contribution in [0.5, 0.6) is 5.75 Å². The smallest absolute Gasteiger partial charge is 0.263 e. The summed E-state index contributed by atoms with van der Waals surface area (Å²) in [5.74, 6) is 0.801. The van der Waals surface area contributed by atoms with Gasteiger partial charge in [-0.15, -0.1) is 0 Å². The largest absolute Gasteiger partial charge is 0.481 e. The van der Waals surface area contributed by atoms with Crippen molar-refractivity contribution in [2.75, 3.05) is 26.2 Å². The van der Waals surface area contributed by atoms with Gasteiger partial charge >= 0.3 is 0 Å². The molecule has 0 aromatic heterocycles. The highest BCUT2D eigenvalue weighted by molar-refractivity contribution is 5.84. The molecule has 1 heterocycles. The van der Waals surface area contributed by atoms with Crippen molar-refractivity contribution in [1.82, 2.24) is 9.80 Å². The van der Waals surface area contributed by atoms with E-state index in [0.29, 0.717) is 0 Å². The zero-order chi connectivity index (χ0) is 19.3. The second-order valence-electron chi connectivity index (χ2n) is 7.36. The van der Waals surface area contributed by atoms with Crippen LogP contribution in [0.4, 0.5) is 0 Å². The molecule has 0 unspecified atom stereocenters. The van der Waals surface area contributed by atoms with Crippen molar-refractivity contribution >= 4 is 16.7 Å². The quantitative estimate of drug-likeness (QED) is 0.678. The molecule has 1 aliphatic rings. The van der Waals surface area contributed by atoms with Crippen LogP contribution in [-0.4, -0.2) is 48.0 Å². The number of fused-ring (bicyclic) bond motifs is 1. The molecule has 0 aliphatic carbocycles. The highest BCUT2D eigenvalue weighted by Crippen LogP contribution is 2.22. The van der Waals surface area contributed by atoms with Gasteiger partial charge in [0.05, 0.1) is 0 Å². The Hall–Kier alpha value is -2.85. The molecule has 1 aliphatic heterocycles. The van der Waals surface area contributed by atoms with Crippen molar-refractivity contribution in [1.29, 1.82) is 0 Å². The Bertz CT molecular complexity index is 934. The molecule has 144 valence electrons. The summed E-state index contributed by atoms with van der Waals surface area (Å²) >= 11 is 0. The van der Waals surface area contributed by atoms with Crippen molar-refractivity contribution in [2.45, 2.75) is 19.6 Å². The minimum absolute atomic E-state index is 0.0625. The highest BCUT2D eigenvalue weighted by atomic mass is 16.5. The predicted octanol–water partition coefficient (Wildman–Crippen LogP) is 3.95. The molecular weight excluding hydrogens is 348 g/mol. The Morgan fingerprint density at radius 1 is 0.893 bits per heavy atom. The van der Waals surface area contributed by atoms with E-state index < -0.39 is 6.10 Å². The fourth-order valence-corrected chi connectivity index (χ4v) is 3.72. The van der Waals surface area contributed by atoms with Gasteiger partial charge in [0, 0.05) is 32.7 Å². The SMILES string of the molecule is C[C@@H](Oc1ccc2ccccc2c1)C(=O)N1CCN(Cc2ccccc2)CC1. The van der Waals surface area contributed by atoms with E-state index in [1.807, 2.05) is 48.2 Å². The number of amides is 1. The van der Waals surface area contributed by atoms with Crippen LogP contribution in [0.3, 0.4) is 0 Å². The molecule has 28 heavy (non-hydrogen) atoms. The first kappa shape index (κ1) is 18.5. The number of carbonyl (C=O) groups is 1. The summed E-state index contributed by atoms with van der Waals surface area (Å²) in [7, 11) is 0. The van der Waals surface area contributed by atoms with Crippen LogP contribution in [-0.2, 0) is 11.3 Å². The summed E-state index contributed by atoms with van der Waals surface area (Å²) in [6.45, 7) is 6.06. The number of rotatable bonds is 5. The third-order valence-electron chi connectivity index (χ3n) is 5.31. The fraction of sp³-hybridized carbons (Fsp3) is 0.292. The van der Waals surface area contributed by atoms with Gasteiger partial charge in [0.1, 0.15) is 5.75 Å². The van der Waals surface area contributed by atoms with Crippen LogP contribution in [0.1, 0.15) is 12.5 Å². The van der Waals surface area contributed by atoms with Crippen LogP contribution in [0.25, 0.3) is 10.8 Å². The summed E-state index contributed by atoms with van der Waals surface area (Å²) in [6, 6.07) is 24.6. The van der Waals surface area contributed by atoms with Gasteiger partial charge in [-0.25, -0.2) is 0 Å². The number of piperazine rings is 1. The van der Waals surface area contributed by atoms with Gasteiger partial charge in [0.2, 0.25) is 0 Å². The van der Waals surface area contributed by atoms with E-state index in [1.54, 1.807) is 0 Å². The standard InChI is InChI=1S/C24H26N2O2/c1-19(28-23-12-11-21-9-5-6-10-22(21)17-23)24(27)26-15-13-25(14-16-26)18-20-7-3-2-4-8-20/h2-12,17,19H,13-16,18H2,1H3/t19-/m1/s1. The van der Waals surface area contributed by atoms with Crippen LogP contribution in [0.15, 0.2) is 72.8 Å². The van der Waals surface area contributed by atoms with Crippen molar-refractivity contribution in [2.24, 2.45) is 0 Å². The first-order valence-electron chi connectivity index (χ1n) is 9.89. The number of benzene rings is 3. The Morgan fingerprint density at radius 3 is 2.32 bits per heavy atom. The van der Waals surface area contributed by atoms with Gasteiger partial charge in [0.15, 0.2) is 6.10 Å². The van der Waals surface area contributed by atoms with Crippen molar-refractivity contribution in [3.8, 4) is 5.75 Å². The van der Waals surface area contributed by atoms with Crippen LogP contribution in [0, 0.1) is 0 Å². The molecule has 1 saturated heterocycles. The molecule has 4 rings (SSSR count). The molecule has 0 spiro atoms. The Kier molecular flexibility index (Phi) is 5.58. The lowest BCUT2D eigenvalue weighted by Gasteiger charge is -2.35. The van der Waals surface area contributed by atoms with E-state index >= 15 is 0 Å². The fourth-order valence-electron chi connectivity index (χ4n) is 3.72. The average Bonchev–Trinajstić information content (AvgIpc) is 2.74. The zero-order valence-electron chi connectivity index (χ0n) is 16.3. The lowest BCUT2D eigenvalue weighted by molar-refractivity contribution is -0.139. The number of carbonyl (C=O) groups excluding carboxylic acids is 1. The molecule has 1 fully saturated rings. The van der Waals surface area contributed by atoms with Crippen LogP contribution < -0.4 is 4.74 Å². The van der Waals surface area contributed by atoms with Gasteiger partial charge in [-0.05, 0) is 35.4 Å². The molecule has 0 saturated carbocycles. The molecule has 3 aromatic rings. The summed E-state index contributed by atoms with van der Waals surface area (Å²) < 4.78 is 5.96. The second kappa shape index (κ2) is 8.44. The van der Waals surface area contributed by atoms with Crippen LogP contribution in [0.2, 0.25) is 0 Å². The molecule has 0 radical (unpaired) electrons. The van der Waals surface area contributed by atoms with Gasteiger partial charge in [-0.3, -0.25) is 9.69 Å². The first-order valence-corrected chi connectivity index (χ1v) is 9.89. The van der Waals surface area contributed by atoms with Gasteiger partial charge < -0.3 is 9.64 Å². The summed E-state index contributed by atoms with van der Waals surface area (Å²) in [4.78, 5) is 17.1. The van der Waals surface area contributed by atoms with E-state index in [9.17, 15) is 4.79 Å². The topological polar surface area (TPSA) is 32.8 Å². The number of hydrogen-bond acceptors (Lipinski definition) is 3. The van der Waals surface area contributed by atoms with Crippen LogP contribution >= 0.6 is 0 Å². The summed E-state index contributed by atoms with van der Waals surface area (Å²) in [5.41, 5.74) is 1.32. The molecule has 3 aromatic carbocycles. The summed E-state index contributed by atoms with van der Waals surface area (Å²) in [5, 5.41) is 2.29. The number of nitrogens with zero attached hydrogens (tertiary/aromatic N) is 2. The lowest BCUT2D eigenvalue weighted by Crippen LogP contribution is -2.51. The van der Waals surface area contributed by atoms with Crippen molar-refractivity contribution in [3.63, 3.8) is 0 Å². The molecular formula is C24H26N2O2. The van der Waals surface area contributed by atoms with Gasteiger partial charge in [0.25, 0.3) is 5.91 Å². The molecule has 1 amide bonds. The van der Waals surface area contributed by atoms with E-state index in [4.69, 9.17) is 4.74 Å². The molecule has 0 N–H and O–H groups in total. The Labute approximate surface area is 166 Å². The maximum atomic E-state index is 12.8. The van der Waals surface area contributed by atoms with Gasteiger partial charge in [-0.2, -0.15) is 0 Å². The third-order valence-corrected chi connectivity index (χ3v) is 5.31. The number of ether oxygens (including phenoxy) is 1.